The molecule has 0 saturated heterocycles. The van der Waals surface area contributed by atoms with Crippen molar-refractivity contribution in [3.05, 3.63) is 0 Å². The molecule has 0 aliphatic heterocycles. The maximum atomic E-state index is 10.8. The molecule has 0 aromatic rings. The standard InChI is InChI=1S/C9H12O2/c10-9(11)8-2-4-1-6(8)7-3-5(4)7/h4-8H,1-3H2,(H,10,11)/t4-,5+,6+,7-,8-/m1/s1. The molecule has 0 unspecified atom stereocenters. The van der Waals surface area contributed by atoms with E-state index in [1.807, 2.05) is 0 Å². The molecule has 0 heterocycles. The number of carboxylic acid groups (broad SMARTS) is 1. The second-order valence-electron chi connectivity index (χ2n) is 4.40. The zero-order valence-electron chi connectivity index (χ0n) is 6.36. The molecule has 0 aromatic carbocycles. The lowest BCUT2D eigenvalue weighted by Crippen LogP contribution is -2.21. The lowest BCUT2D eigenvalue weighted by atomic mass is 9.89. The molecule has 0 radical (unpaired) electrons. The van der Waals surface area contributed by atoms with Crippen LogP contribution in [0.1, 0.15) is 19.3 Å². The van der Waals surface area contributed by atoms with Gasteiger partial charge in [-0.25, -0.2) is 0 Å². The minimum Gasteiger partial charge on any atom is -0.481 e. The summed E-state index contributed by atoms with van der Waals surface area (Å²) in [4.78, 5) is 10.8. The molecule has 3 aliphatic carbocycles. The van der Waals surface area contributed by atoms with Crippen LogP contribution >= 0.6 is 0 Å². The maximum absolute atomic E-state index is 10.8. The van der Waals surface area contributed by atoms with Crippen molar-refractivity contribution in [1.82, 2.24) is 0 Å². The van der Waals surface area contributed by atoms with E-state index in [-0.39, 0.29) is 5.92 Å². The molecule has 0 aromatic heterocycles. The van der Waals surface area contributed by atoms with Crippen molar-refractivity contribution >= 4 is 5.97 Å². The minimum atomic E-state index is -0.539. The maximum Gasteiger partial charge on any atom is 0.306 e. The number of aliphatic carboxylic acids is 1. The summed E-state index contributed by atoms with van der Waals surface area (Å²) in [6.07, 6.45) is 3.56. The van der Waals surface area contributed by atoms with Gasteiger partial charge in [0.15, 0.2) is 0 Å². The normalized spacial score (nSPS) is 57.6. The van der Waals surface area contributed by atoms with Crippen molar-refractivity contribution in [2.75, 3.05) is 0 Å². The Morgan fingerprint density at radius 1 is 1.09 bits per heavy atom. The first-order valence-corrected chi connectivity index (χ1v) is 4.50. The van der Waals surface area contributed by atoms with E-state index in [0.29, 0.717) is 5.92 Å². The topological polar surface area (TPSA) is 37.3 Å². The predicted molar refractivity (Wildman–Crippen MR) is 38.9 cm³/mol. The third-order valence-electron chi connectivity index (χ3n) is 4.01. The Morgan fingerprint density at radius 3 is 2.45 bits per heavy atom. The fraction of sp³-hybridized carbons (Fsp3) is 0.889. The van der Waals surface area contributed by atoms with Crippen LogP contribution in [0.2, 0.25) is 0 Å². The molecule has 1 N–H and O–H groups in total. The van der Waals surface area contributed by atoms with Gasteiger partial charge in [-0.05, 0) is 42.9 Å². The van der Waals surface area contributed by atoms with Gasteiger partial charge in [0.1, 0.15) is 0 Å². The Morgan fingerprint density at radius 2 is 1.91 bits per heavy atom. The number of hydrogen-bond donors (Lipinski definition) is 1. The second kappa shape index (κ2) is 1.62. The molecule has 2 bridgehead atoms. The van der Waals surface area contributed by atoms with E-state index in [1.165, 1.54) is 12.8 Å². The van der Waals surface area contributed by atoms with Crippen molar-refractivity contribution in [2.24, 2.45) is 29.6 Å². The van der Waals surface area contributed by atoms with Gasteiger partial charge in [-0.3, -0.25) is 4.79 Å². The summed E-state index contributed by atoms with van der Waals surface area (Å²) in [5, 5.41) is 8.87. The highest BCUT2D eigenvalue weighted by Gasteiger charge is 2.62. The Labute approximate surface area is 65.6 Å². The van der Waals surface area contributed by atoms with Crippen molar-refractivity contribution in [3.8, 4) is 0 Å². The smallest absolute Gasteiger partial charge is 0.306 e. The van der Waals surface area contributed by atoms with Crippen molar-refractivity contribution in [1.29, 1.82) is 0 Å². The first-order chi connectivity index (χ1) is 5.27. The van der Waals surface area contributed by atoms with Gasteiger partial charge < -0.3 is 5.11 Å². The van der Waals surface area contributed by atoms with Crippen LogP contribution in [0.3, 0.4) is 0 Å². The van der Waals surface area contributed by atoms with Gasteiger partial charge in [0.05, 0.1) is 5.92 Å². The molecule has 3 fully saturated rings. The highest BCUT2D eigenvalue weighted by molar-refractivity contribution is 5.71. The summed E-state index contributed by atoms with van der Waals surface area (Å²) in [6.45, 7) is 0. The predicted octanol–water partition coefficient (Wildman–Crippen LogP) is 1.36. The van der Waals surface area contributed by atoms with Crippen molar-refractivity contribution < 1.29 is 9.90 Å². The molecule has 3 aliphatic rings. The Balaban J connectivity index is 1.87. The number of carboxylic acids is 1. The zero-order chi connectivity index (χ0) is 7.59. The number of hydrogen-bond acceptors (Lipinski definition) is 1. The minimum absolute atomic E-state index is 0.0312. The summed E-state index contributed by atoms with van der Waals surface area (Å²) in [6, 6.07) is 0. The van der Waals surface area contributed by atoms with Gasteiger partial charge in [0.25, 0.3) is 0 Å². The van der Waals surface area contributed by atoms with Crippen LogP contribution in [0.4, 0.5) is 0 Å². The molecule has 2 heteroatoms. The van der Waals surface area contributed by atoms with Gasteiger partial charge in [-0.15, -0.1) is 0 Å². The fourth-order valence-electron chi connectivity index (χ4n) is 3.49. The molecule has 2 nitrogen and oxygen atoms in total. The van der Waals surface area contributed by atoms with E-state index >= 15 is 0 Å². The number of fused-ring (bicyclic) bond motifs is 5. The first kappa shape index (κ1) is 6.04. The third-order valence-corrected chi connectivity index (χ3v) is 4.01. The van der Waals surface area contributed by atoms with Gasteiger partial charge >= 0.3 is 5.97 Å². The highest BCUT2D eigenvalue weighted by Crippen LogP contribution is 2.67. The van der Waals surface area contributed by atoms with E-state index in [2.05, 4.69) is 0 Å². The average molecular weight is 152 g/mol. The van der Waals surface area contributed by atoms with Gasteiger partial charge in [-0.1, -0.05) is 0 Å². The monoisotopic (exact) mass is 152 g/mol. The lowest BCUT2D eigenvalue weighted by Gasteiger charge is -2.15. The molecule has 11 heavy (non-hydrogen) atoms. The zero-order valence-corrected chi connectivity index (χ0v) is 6.36. The molecule has 3 saturated carbocycles. The van der Waals surface area contributed by atoms with Gasteiger partial charge in [-0.2, -0.15) is 0 Å². The molecular weight excluding hydrogens is 140 g/mol. The van der Waals surface area contributed by atoms with E-state index in [0.717, 1.165) is 24.2 Å². The van der Waals surface area contributed by atoms with Gasteiger partial charge in [0, 0.05) is 0 Å². The summed E-state index contributed by atoms with van der Waals surface area (Å²) in [5.74, 6) is 2.64. The van der Waals surface area contributed by atoms with Crippen molar-refractivity contribution in [2.45, 2.75) is 19.3 Å². The molecule has 0 spiro atoms. The number of carbonyl (C=O) groups is 1. The van der Waals surface area contributed by atoms with E-state index in [4.69, 9.17) is 5.11 Å². The lowest BCUT2D eigenvalue weighted by molar-refractivity contribution is -0.143. The van der Waals surface area contributed by atoms with Crippen LogP contribution in [0.15, 0.2) is 0 Å². The quantitative estimate of drug-likeness (QED) is 0.616. The molecular formula is C9H12O2. The summed E-state index contributed by atoms with van der Waals surface area (Å²) in [5.41, 5.74) is 0. The summed E-state index contributed by atoms with van der Waals surface area (Å²) < 4.78 is 0. The molecule has 60 valence electrons. The summed E-state index contributed by atoms with van der Waals surface area (Å²) >= 11 is 0. The molecule has 3 rings (SSSR count). The largest absolute Gasteiger partial charge is 0.481 e. The van der Waals surface area contributed by atoms with Crippen LogP contribution in [0.25, 0.3) is 0 Å². The molecule has 5 atom stereocenters. The highest BCUT2D eigenvalue weighted by atomic mass is 16.4. The average Bonchev–Trinajstić information content (AvgIpc) is 2.57. The SMILES string of the molecule is O=C(O)[C@@H]1C[C@H]2C[C@H]1[C@@H]1C[C@@H]21. The van der Waals surface area contributed by atoms with E-state index < -0.39 is 5.97 Å². The van der Waals surface area contributed by atoms with Crippen LogP contribution in [0, 0.1) is 29.6 Å². The Bertz CT molecular complexity index is 224. The Hall–Kier alpha value is -0.530. The van der Waals surface area contributed by atoms with E-state index in [9.17, 15) is 4.79 Å². The van der Waals surface area contributed by atoms with Crippen LogP contribution < -0.4 is 0 Å². The molecule has 0 amide bonds. The van der Waals surface area contributed by atoms with Crippen molar-refractivity contribution in [3.63, 3.8) is 0 Å². The van der Waals surface area contributed by atoms with Gasteiger partial charge in [0.2, 0.25) is 0 Å². The van der Waals surface area contributed by atoms with E-state index in [1.54, 1.807) is 0 Å². The van der Waals surface area contributed by atoms with Crippen LogP contribution in [0.5, 0.6) is 0 Å². The third kappa shape index (κ3) is 0.608. The fourth-order valence-corrected chi connectivity index (χ4v) is 3.49. The first-order valence-electron chi connectivity index (χ1n) is 4.50. The van der Waals surface area contributed by atoms with Crippen LogP contribution in [-0.4, -0.2) is 11.1 Å². The second-order valence-corrected chi connectivity index (χ2v) is 4.40. The Kier molecular flexibility index (Phi) is 0.890. The summed E-state index contributed by atoms with van der Waals surface area (Å²) in [7, 11) is 0. The van der Waals surface area contributed by atoms with Crippen LogP contribution in [-0.2, 0) is 4.79 Å². The number of rotatable bonds is 1.